The van der Waals surface area contributed by atoms with Gasteiger partial charge < -0.3 is 9.64 Å². The second-order valence-electron chi connectivity index (χ2n) is 10.5. The van der Waals surface area contributed by atoms with Gasteiger partial charge in [-0.2, -0.15) is 0 Å². The van der Waals surface area contributed by atoms with Crippen molar-refractivity contribution < 1.29 is 22.7 Å². The predicted octanol–water partition coefficient (Wildman–Crippen LogP) is 4.88. The van der Waals surface area contributed by atoms with Gasteiger partial charge >= 0.3 is 5.97 Å². The van der Waals surface area contributed by atoms with Crippen LogP contribution in [0.15, 0.2) is 102 Å². The van der Waals surface area contributed by atoms with Crippen LogP contribution in [0.3, 0.4) is 0 Å². The number of hydrogen-bond acceptors (Lipinski definition) is 6. The number of allylic oxidation sites excluding steroid dienone is 3. The van der Waals surface area contributed by atoms with Gasteiger partial charge in [0.1, 0.15) is 4.75 Å². The van der Waals surface area contributed by atoms with E-state index in [1.807, 2.05) is 74.5 Å². The van der Waals surface area contributed by atoms with Crippen molar-refractivity contribution in [3.63, 3.8) is 0 Å². The van der Waals surface area contributed by atoms with Gasteiger partial charge in [-0.25, -0.2) is 13.2 Å². The van der Waals surface area contributed by atoms with Gasteiger partial charge in [-0.3, -0.25) is 9.78 Å². The molecule has 2 saturated heterocycles. The molecule has 3 heterocycles. The third-order valence-corrected chi connectivity index (χ3v) is 9.99. The van der Waals surface area contributed by atoms with E-state index in [9.17, 15) is 18.0 Å². The van der Waals surface area contributed by atoms with Crippen LogP contribution in [-0.4, -0.2) is 46.3 Å². The van der Waals surface area contributed by atoms with Crippen molar-refractivity contribution >= 4 is 27.3 Å². The van der Waals surface area contributed by atoms with Crippen LogP contribution in [0.25, 0.3) is 5.57 Å². The zero-order valence-corrected chi connectivity index (χ0v) is 23.1. The first-order chi connectivity index (χ1) is 18.6. The van der Waals surface area contributed by atoms with Crippen LogP contribution >= 0.6 is 0 Å². The lowest BCUT2D eigenvalue weighted by Crippen LogP contribution is -2.59. The number of carbonyl (C=O) groups is 2. The molecular weight excluding hydrogens is 512 g/mol. The minimum Gasteiger partial charge on any atom is -0.451 e. The number of nitrogens with zero attached hydrogens (tertiary/aromatic N) is 2. The highest BCUT2D eigenvalue weighted by Crippen LogP contribution is 2.51. The number of rotatable bonds is 6. The average molecular weight is 543 g/mol. The van der Waals surface area contributed by atoms with Gasteiger partial charge in [0.2, 0.25) is 0 Å². The summed E-state index contributed by atoms with van der Waals surface area (Å²) in [5, 5.41) is -1.27. The summed E-state index contributed by atoms with van der Waals surface area (Å²) in [7, 11) is -4.01. The molecule has 5 rings (SSSR count). The molecule has 200 valence electrons. The molecule has 1 amide bonds. The molecule has 2 aromatic carbocycles. The second kappa shape index (κ2) is 9.93. The first-order valence-corrected chi connectivity index (χ1v) is 14.3. The summed E-state index contributed by atoms with van der Waals surface area (Å²) in [6, 6.07) is 22.4. The van der Waals surface area contributed by atoms with Crippen molar-refractivity contribution in [1.29, 1.82) is 0 Å². The molecule has 0 N–H and O–H groups in total. The maximum atomic E-state index is 13.9. The number of aromatic nitrogens is 1. The fourth-order valence-corrected chi connectivity index (χ4v) is 7.42. The summed E-state index contributed by atoms with van der Waals surface area (Å²) in [6.07, 6.45) is 2.59. The minimum atomic E-state index is -4.01. The topological polar surface area (TPSA) is 93.6 Å². The summed E-state index contributed by atoms with van der Waals surface area (Å²) >= 11 is 0. The quantitative estimate of drug-likeness (QED) is 0.250. The van der Waals surface area contributed by atoms with Crippen LogP contribution < -0.4 is 0 Å². The highest BCUT2D eigenvalue weighted by molar-refractivity contribution is 7.94. The molecule has 7 nitrogen and oxygen atoms in total. The predicted molar refractivity (Wildman–Crippen MR) is 149 cm³/mol. The lowest BCUT2D eigenvalue weighted by atomic mass is 9.90. The summed E-state index contributed by atoms with van der Waals surface area (Å²) in [4.78, 5) is 33.1. The van der Waals surface area contributed by atoms with Crippen molar-refractivity contribution in [1.82, 2.24) is 9.88 Å². The Morgan fingerprint density at radius 3 is 2.03 bits per heavy atom. The first kappa shape index (κ1) is 26.6. The van der Waals surface area contributed by atoms with Gasteiger partial charge in [-0.1, -0.05) is 78.4 Å². The van der Waals surface area contributed by atoms with Crippen LogP contribution in [0.4, 0.5) is 0 Å². The largest absolute Gasteiger partial charge is 0.451 e. The SMILES string of the molecule is CC(C)=C/C(=C1\C(=O)N2C1S(=O)(=O)C(C)(C)[C@@H]2C(=O)OC(c1ccccc1)c1ccccc1)c1ccccn1. The van der Waals surface area contributed by atoms with Gasteiger partial charge in [0, 0.05) is 11.8 Å². The minimum absolute atomic E-state index is 0.126. The molecule has 0 bridgehead atoms. The van der Waals surface area contributed by atoms with Crippen LogP contribution in [0.1, 0.15) is 50.6 Å². The monoisotopic (exact) mass is 542 g/mol. The number of hydrogen-bond donors (Lipinski definition) is 0. The molecule has 1 unspecified atom stereocenters. The number of β-lactam (4-membered cyclic amide) rings is 1. The summed E-state index contributed by atoms with van der Waals surface area (Å²) in [5.74, 6) is -1.27. The van der Waals surface area contributed by atoms with Crippen LogP contribution in [0, 0.1) is 0 Å². The molecule has 0 spiro atoms. The Kier molecular flexibility index (Phi) is 6.76. The number of benzene rings is 2. The highest BCUT2D eigenvalue weighted by Gasteiger charge is 2.71. The summed E-state index contributed by atoms with van der Waals surface area (Å²) < 4.78 is 32.3. The number of ether oxygens (including phenoxy) is 1. The Morgan fingerprint density at radius 2 is 1.51 bits per heavy atom. The van der Waals surface area contributed by atoms with Crippen molar-refractivity contribution in [2.75, 3.05) is 0 Å². The van der Waals surface area contributed by atoms with Gasteiger partial charge in [0.15, 0.2) is 27.4 Å². The molecule has 2 atom stereocenters. The molecule has 3 aromatic rings. The Labute approximate surface area is 228 Å². The van der Waals surface area contributed by atoms with E-state index in [0.29, 0.717) is 11.3 Å². The molecule has 39 heavy (non-hydrogen) atoms. The van der Waals surface area contributed by atoms with Crippen molar-refractivity contribution in [3.8, 4) is 0 Å². The first-order valence-electron chi connectivity index (χ1n) is 12.7. The van der Waals surface area contributed by atoms with Crippen molar-refractivity contribution in [2.45, 2.75) is 50.0 Å². The lowest BCUT2D eigenvalue weighted by molar-refractivity contribution is -0.160. The smallest absolute Gasteiger partial charge is 0.331 e. The molecular formula is C31H30N2O5S. The Bertz CT molecular complexity index is 1540. The Hall–Kier alpha value is -4.04. The zero-order valence-electron chi connectivity index (χ0n) is 22.2. The highest BCUT2D eigenvalue weighted by atomic mass is 32.2. The number of amides is 1. The zero-order chi connectivity index (χ0) is 27.9. The number of sulfone groups is 1. The molecule has 2 aliphatic heterocycles. The van der Waals surface area contributed by atoms with E-state index in [4.69, 9.17) is 4.74 Å². The average Bonchev–Trinajstić information content (AvgIpc) is 3.07. The van der Waals surface area contributed by atoms with Crippen LogP contribution in [0.5, 0.6) is 0 Å². The molecule has 0 aliphatic carbocycles. The summed E-state index contributed by atoms with van der Waals surface area (Å²) in [6.45, 7) is 6.70. The number of esters is 1. The van der Waals surface area contributed by atoms with E-state index in [1.54, 1.807) is 30.5 Å². The van der Waals surface area contributed by atoms with Gasteiger partial charge in [0.25, 0.3) is 5.91 Å². The molecule has 2 fully saturated rings. The van der Waals surface area contributed by atoms with Gasteiger partial charge in [-0.05, 0) is 51.0 Å². The van der Waals surface area contributed by atoms with Gasteiger partial charge in [-0.15, -0.1) is 0 Å². The van der Waals surface area contributed by atoms with E-state index >= 15 is 0 Å². The fourth-order valence-electron chi connectivity index (χ4n) is 5.27. The third-order valence-electron chi connectivity index (χ3n) is 7.25. The van der Waals surface area contributed by atoms with E-state index in [1.165, 1.54) is 18.7 Å². The van der Waals surface area contributed by atoms with Crippen molar-refractivity contribution in [3.05, 3.63) is 119 Å². The molecule has 0 saturated carbocycles. The summed E-state index contributed by atoms with van der Waals surface area (Å²) in [5.41, 5.74) is 3.43. The van der Waals surface area contributed by atoms with Crippen molar-refractivity contribution in [2.24, 2.45) is 0 Å². The maximum absolute atomic E-state index is 13.9. The molecule has 8 heteroatoms. The Morgan fingerprint density at radius 1 is 0.949 bits per heavy atom. The fraction of sp³-hybridized carbons (Fsp3) is 0.258. The molecule has 0 radical (unpaired) electrons. The van der Waals surface area contributed by atoms with Crippen LogP contribution in [0.2, 0.25) is 0 Å². The standard InChI is InChI=1S/C31H30N2O5S/c1-20(2)19-23(24-17-11-12-18-32-24)25-28(34)33-27(31(3,4)39(36,37)29(25)33)30(35)38-26(21-13-7-5-8-14-21)22-15-9-6-10-16-22/h5-19,26-27,29H,1-4H3/b25-23-/t27-,29?/m0/s1. The number of carbonyl (C=O) groups excluding carboxylic acids is 2. The van der Waals surface area contributed by atoms with E-state index in [-0.39, 0.29) is 5.57 Å². The van der Waals surface area contributed by atoms with Crippen LogP contribution in [-0.2, 0) is 24.2 Å². The van der Waals surface area contributed by atoms with Gasteiger partial charge in [0.05, 0.1) is 11.3 Å². The molecule has 1 aromatic heterocycles. The van der Waals surface area contributed by atoms with E-state index in [0.717, 1.165) is 16.7 Å². The normalized spacial score (nSPS) is 22.1. The Balaban J connectivity index is 1.57. The lowest BCUT2D eigenvalue weighted by Gasteiger charge is -2.40. The van der Waals surface area contributed by atoms with E-state index in [2.05, 4.69) is 4.98 Å². The number of fused-ring (bicyclic) bond motifs is 1. The second-order valence-corrected chi connectivity index (χ2v) is 13.1. The van der Waals surface area contributed by atoms with E-state index < -0.39 is 44.0 Å². The maximum Gasteiger partial charge on any atom is 0.331 e. The third kappa shape index (κ3) is 4.38. The molecule has 2 aliphatic rings. The number of pyridine rings is 1.